The summed E-state index contributed by atoms with van der Waals surface area (Å²) in [7, 11) is 0. The van der Waals surface area contributed by atoms with Crippen LogP contribution in [0.15, 0.2) is 24.3 Å². The van der Waals surface area contributed by atoms with Crippen LogP contribution in [0.3, 0.4) is 0 Å². The van der Waals surface area contributed by atoms with Gasteiger partial charge in [-0.1, -0.05) is 25.0 Å². The summed E-state index contributed by atoms with van der Waals surface area (Å²) in [5, 5.41) is 10.6. The van der Waals surface area contributed by atoms with Gasteiger partial charge in [0, 0.05) is 25.6 Å². The van der Waals surface area contributed by atoms with Gasteiger partial charge in [0.15, 0.2) is 11.6 Å². The number of fused-ring (bicyclic) bond motifs is 1. The molecule has 1 aromatic rings. The number of hydrogen-bond donors (Lipinski definition) is 1. The Morgan fingerprint density at radius 3 is 3.00 bits per heavy atom. The van der Waals surface area contributed by atoms with Crippen molar-refractivity contribution in [3.05, 3.63) is 30.1 Å². The summed E-state index contributed by atoms with van der Waals surface area (Å²) in [4.78, 5) is 2.34. The summed E-state index contributed by atoms with van der Waals surface area (Å²) < 4.78 is 19.0. The average Bonchev–Trinajstić information content (AvgIpc) is 2.49. The highest BCUT2D eigenvalue weighted by atomic mass is 19.1. The quantitative estimate of drug-likeness (QED) is 0.926. The van der Waals surface area contributed by atoms with E-state index in [1.54, 1.807) is 18.2 Å². The molecule has 0 bridgehead atoms. The minimum absolute atomic E-state index is 0.308. The first-order valence-electron chi connectivity index (χ1n) is 7.99. The van der Waals surface area contributed by atoms with Crippen LogP contribution >= 0.6 is 0 Å². The second-order valence-corrected chi connectivity index (χ2v) is 6.38. The fourth-order valence-corrected chi connectivity index (χ4v) is 3.69. The lowest BCUT2D eigenvalue weighted by molar-refractivity contribution is -0.0963. The van der Waals surface area contributed by atoms with Gasteiger partial charge in [0.2, 0.25) is 0 Å². The molecule has 3 rings (SSSR count). The molecule has 4 heteroatoms. The van der Waals surface area contributed by atoms with Gasteiger partial charge in [-0.15, -0.1) is 0 Å². The smallest absolute Gasteiger partial charge is 0.165 e. The molecule has 1 aliphatic heterocycles. The zero-order valence-corrected chi connectivity index (χ0v) is 12.4. The van der Waals surface area contributed by atoms with E-state index in [2.05, 4.69) is 4.90 Å². The molecule has 3 nitrogen and oxygen atoms in total. The molecule has 1 saturated heterocycles. The Balaban J connectivity index is 1.48. The highest BCUT2D eigenvalue weighted by Crippen LogP contribution is 2.39. The van der Waals surface area contributed by atoms with Crippen molar-refractivity contribution >= 4 is 0 Å². The molecule has 116 valence electrons. The Bertz CT molecular complexity index is 482. The highest BCUT2D eigenvalue weighted by molar-refractivity contribution is 5.23. The topological polar surface area (TPSA) is 32.7 Å². The number of likely N-dealkylation sites (tertiary alicyclic amines) is 1. The molecular weight excluding hydrogens is 269 g/mol. The van der Waals surface area contributed by atoms with E-state index in [4.69, 9.17) is 4.74 Å². The Kier molecular flexibility index (Phi) is 4.45. The number of aliphatic hydroxyl groups is 1. The zero-order valence-electron chi connectivity index (χ0n) is 12.4. The molecular formula is C17H24FNO2. The molecule has 2 unspecified atom stereocenters. The number of benzene rings is 1. The minimum Gasteiger partial charge on any atom is -0.489 e. The van der Waals surface area contributed by atoms with Crippen molar-refractivity contribution in [2.75, 3.05) is 26.2 Å². The van der Waals surface area contributed by atoms with Crippen LogP contribution < -0.4 is 4.74 Å². The minimum atomic E-state index is -0.429. The number of nitrogens with zero attached hydrogens (tertiary/aromatic N) is 1. The van der Waals surface area contributed by atoms with Crippen LogP contribution in [0.1, 0.15) is 32.1 Å². The van der Waals surface area contributed by atoms with Crippen molar-refractivity contribution in [3.8, 4) is 5.75 Å². The Labute approximate surface area is 125 Å². The molecule has 2 aliphatic rings. The fraction of sp³-hybridized carbons (Fsp3) is 0.647. The lowest BCUT2D eigenvalue weighted by Gasteiger charge is -2.47. The van der Waals surface area contributed by atoms with Gasteiger partial charge >= 0.3 is 0 Å². The van der Waals surface area contributed by atoms with Gasteiger partial charge in [0.25, 0.3) is 0 Å². The number of piperidine rings is 1. The number of para-hydroxylation sites is 1. The fourth-order valence-electron chi connectivity index (χ4n) is 3.69. The molecule has 0 amide bonds. The first-order valence-corrected chi connectivity index (χ1v) is 7.99. The SMILES string of the molecule is OC12CCCCC1CN(CCOc1ccccc1F)CC2. The zero-order chi connectivity index (χ0) is 14.7. The van der Waals surface area contributed by atoms with Crippen LogP contribution in [0.5, 0.6) is 5.75 Å². The first-order chi connectivity index (χ1) is 10.2. The first kappa shape index (κ1) is 14.8. The molecule has 2 fully saturated rings. The third-order valence-electron chi connectivity index (χ3n) is 5.01. The van der Waals surface area contributed by atoms with E-state index in [0.717, 1.165) is 45.3 Å². The van der Waals surface area contributed by atoms with E-state index in [0.29, 0.717) is 18.3 Å². The molecule has 1 aliphatic carbocycles. The molecule has 1 aromatic carbocycles. The number of halogens is 1. The molecule has 1 heterocycles. The number of ether oxygens (including phenoxy) is 1. The Hall–Kier alpha value is -1.13. The maximum atomic E-state index is 13.5. The van der Waals surface area contributed by atoms with Crippen LogP contribution in [-0.2, 0) is 0 Å². The molecule has 1 N–H and O–H groups in total. The van der Waals surface area contributed by atoms with Crippen molar-refractivity contribution in [3.63, 3.8) is 0 Å². The number of hydrogen-bond acceptors (Lipinski definition) is 3. The maximum Gasteiger partial charge on any atom is 0.165 e. The summed E-state index contributed by atoms with van der Waals surface area (Å²) >= 11 is 0. The van der Waals surface area contributed by atoms with E-state index in [-0.39, 0.29) is 5.82 Å². The van der Waals surface area contributed by atoms with Crippen LogP contribution in [0.4, 0.5) is 4.39 Å². The molecule has 0 spiro atoms. The van der Waals surface area contributed by atoms with Crippen molar-refractivity contribution in [2.45, 2.75) is 37.7 Å². The van der Waals surface area contributed by atoms with Crippen molar-refractivity contribution < 1.29 is 14.2 Å². The monoisotopic (exact) mass is 293 g/mol. The van der Waals surface area contributed by atoms with Crippen LogP contribution in [0.2, 0.25) is 0 Å². The third-order valence-corrected chi connectivity index (χ3v) is 5.01. The Morgan fingerprint density at radius 2 is 2.14 bits per heavy atom. The summed E-state index contributed by atoms with van der Waals surface area (Å²) in [6.45, 7) is 3.14. The van der Waals surface area contributed by atoms with Gasteiger partial charge in [-0.2, -0.15) is 0 Å². The average molecular weight is 293 g/mol. The van der Waals surface area contributed by atoms with Crippen LogP contribution in [0, 0.1) is 11.7 Å². The summed E-state index contributed by atoms with van der Waals surface area (Å²) in [5.74, 6) is 0.412. The van der Waals surface area contributed by atoms with Gasteiger partial charge in [0.05, 0.1) is 5.60 Å². The van der Waals surface area contributed by atoms with Crippen LogP contribution in [0.25, 0.3) is 0 Å². The standard InChI is InChI=1S/C17H24FNO2/c18-15-6-1-2-7-16(15)21-12-11-19-10-9-17(20)8-4-3-5-14(17)13-19/h1-2,6-7,14,20H,3-5,8-13H2. The lowest BCUT2D eigenvalue weighted by Crippen LogP contribution is -2.53. The van der Waals surface area contributed by atoms with E-state index in [9.17, 15) is 9.50 Å². The molecule has 1 saturated carbocycles. The lowest BCUT2D eigenvalue weighted by atomic mass is 9.71. The predicted octanol–water partition coefficient (Wildman–Crippen LogP) is 2.83. The Morgan fingerprint density at radius 1 is 1.29 bits per heavy atom. The van der Waals surface area contributed by atoms with E-state index in [1.807, 2.05) is 0 Å². The second kappa shape index (κ2) is 6.32. The van der Waals surface area contributed by atoms with Crippen molar-refractivity contribution in [1.29, 1.82) is 0 Å². The van der Waals surface area contributed by atoms with E-state index < -0.39 is 5.60 Å². The predicted molar refractivity (Wildman–Crippen MR) is 79.9 cm³/mol. The summed E-state index contributed by atoms with van der Waals surface area (Å²) in [6.07, 6.45) is 5.33. The third kappa shape index (κ3) is 3.38. The van der Waals surface area contributed by atoms with Crippen LogP contribution in [-0.4, -0.2) is 41.8 Å². The number of rotatable bonds is 4. The van der Waals surface area contributed by atoms with E-state index >= 15 is 0 Å². The van der Waals surface area contributed by atoms with Gasteiger partial charge in [-0.3, -0.25) is 4.90 Å². The summed E-state index contributed by atoms with van der Waals surface area (Å²) in [6, 6.07) is 6.52. The highest BCUT2D eigenvalue weighted by Gasteiger charge is 2.42. The second-order valence-electron chi connectivity index (χ2n) is 6.38. The van der Waals surface area contributed by atoms with Gasteiger partial charge in [-0.05, 0) is 31.4 Å². The van der Waals surface area contributed by atoms with Gasteiger partial charge in [-0.25, -0.2) is 4.39 Å². The van der Waals surface area contributed by atoms with Gasteiger partial charge < -0.3 is 9.84 Å². The molecule has 0 aromatic heterocycles. The normalized spacial score (nSPS) is 29.9. The maximum absolute atomic E-state index is 13.5. The van der Waals surface area contributed by atoms with Gasteiger partial charge in [0.1, 0.15) is 6.61 Å². The largest absolute Gasteiger partial charge is 0.489 e. The van der Waals surface area contributed by atoms with Crippen molar-refractivity contribution in [1.82, 2.24) is 4.90 Å². The molecule has 2 atom stereocenters. The summed E-state index contributed by atoms with van der Waals surface area (Å²) in [5.41, 5.74) is -0.429. The van der Waals surface area contributed by atoms with Crippen molar-refractivity contribution in [2.24, 2.45) is 5.92 Å². The molecule has 0 radical (unpaired) electrons. The van der Waals surface area contributed by atoms with E-state index in [1.165, 1.54) is 12.5 Å². The molecule has 21 heavy (non-hydrogen) atoms.